The Hall–Kier alpha value is -3.47. The highest BCUT2D eigenvalue weighted by Crippen LogP contribution is 2.42. The maximum absolute atomic E-state index is 13.7. The highest BCUT2D eigenvalue weighted by molar-refractivity contribution is 8.02. The van der Waals surface area contributed by atoms with Gasteiger partial charge in [-0.25, -0.2) is 14.2 Å². The lowest BCUT2D eigenvalue weighted by Crippen LogP contribution is -2.71. The van der Waals surface area contributed by atoms with Crippen molar-refractivity contribution >= 4 is 84.9 Å². The van der Waals surface area contributed by atoms with Crippen molar-refractivity contribution in [3.63, 3.8) is 0 Å². The van der Waals surface area contributed by atoms with Crippen LogP contribution >= 0.6 is 46.2 Å². The van der Waals surface area contributed by atoms with Gasteiger partial charge in [0.25, 0.3) is 11.8 Å². The van der Waals surface area contributed by atoms with Crippen LogP contribution in [0.5, 0.6) is 0 Å². The van der Waals surface area contributed by atoms with E-state index in [1.165, 1.54) is 71.6 Å². The predicted molar refractivity (Wildman–Crippen MR) is 149 cm³/mol. The molecular formula is C23H18FN5O6S4. The summed E-state index contributed by atoms with van der Waals surface area (Å²) in [7, 11) is 1.26. The SMILES string of the molecule is CON=C(C(=O)N[C@@H]1C(=O)N2C(C(=O)O)=C(CSc3cc(=O)c4ccc(F)cc4s3)CS[C@@H]12)c1csc(N)n1. The molecule has 2 aliphatic heterocycles. The number of aliphatic carboxylic acids is 1. The number of hydrogen-bond acceptors (Lipinski definition) is 12. The summed E-state index contributed by atoms with van der Waals surface area (Å²) in [5, 5.41) is 17.8. The van der Waals surface area contributed by atoms with Gasteiger partial charge < -0.3 is 21.0 Å². The molecule has 39 heavy (non-hydrogen) atoms. The van der Waals surface area contributed by atoms with Crippen LogP contribution in [0, 0.1) is 5.82 Å². The summed E-state index contributed by atoms with van der Waals surface area (Å²) in [6, 6.07) is 4.40. The number of rotatable bonds is 8. The Kier molecular flexibility index (Phi) is 7.61. The summed E-state index contributed by atoms with van der Waals surface area (Å²) in [4.78, 5) is 60.5. The first-order chi connectivity index (χ1) is 18.7. The monoisotopic (exact) mass is 607 g/mol. The van der Waals surface area contributed by atoms with Crippen LogP contribution in [0.1, 0.15) is 5.69 Å². The van der Waals surface area contributed by atoms with E-state index in [-0.39, 0.29) is 39.2 Å². The molecule has 0 bridgehead atoms. The summed E-state index contributed by atoms with van der Waals surface area (Å²) in [5.74, 6) is -2.54. The maximum Gasteiger partial charge on any atom is 0.352 e. The second kappa shape index (κ2) is 11.0. The molecule has 2 aromatic heterocycles. The van der Waals surface area contributed by atoms with Gasteiger partial charge in [0, 0.05) is 33.0 Å². The number of carboxylic acid groups (broad SMARTS) is 1. The number of thiazole rings is 1. The summed E-state index contributed by atoms with van der Waals surface area (Å²) >= 11 is 4.88. The Bertz CT molecular complexity index is 1640. The van der Waals surface area contributed by atoms with Gasteiger partial charge in [-0.05, 0) is 23.8 Å². The molecule has 2 atom stereocenters. The summed E-state index contributed by atoms with van der Waals surface area (Å²) in [5.41, 5.74) is 5.73. The van der Waals surface area contributed by atoms with Crippen molar-refractivity contribution < 1.29 is 28.7 Å². The number of thioether (sulfide) groups is 2. The van der Waals surface area contributed by atoms with Crippen molar-refractivity contribution in [1.29, 1.82) is 0 Å². The fraction of sp³-hybridized carbons (Fsp3) is 0.217. The molecule has 2 aliphatic rings. The van der Waals surface area contributed by atoms with E-state index in [1.807, 2.05) is 0 Å². The largest absolute Gasteiger partial charge is 0.477 e. The van der Waals surface area contributed by atoms with Crippen LogP contribution in [0.4, 0.5) is 9.52 Å². The van der Waals surface area contributed by atoms with E-state index >= 15 is 0 Å². The second-order valence-corrected chi connectivity index (χ2v) is 12.5. The molecule has 0 saturated carbocycles. The number of benzene rings is 1. The minimum Gasteiger partial charge on any atom is -0.477 e. The van der Waals surface area contributed by atoms with Crippen molar-refractivity contribution in [2.75, 3.05) is 24.3 Å². The molecule has 0 radical (unpaired) electrons. The molecule has 5 rings (SSSR count). The Morgan fingerprint density at radius 1 is 1.36 bits per heavy atom. The molecule has 1 saturated heterocycles. The second-order valence-electron chi connectivity index (χ2n) is 8.17. The Labute approximate surface area is 235 Å². The van der Waals surface area contributed by atoms with Crippen LogP contribution in [0.2, 0.25) is 0 Å². The Balaban J connectivity index is 1.33. The molecule has 4 N–H and O–H groups in total. The van der Waals surface area contributed by atoms with Crippen LogP contribution < -0.4 is 16.5 Å². The minimum atomic E-state index is -1.28. The van der Waals surface area contributed by atoms with Crippen molar-refractivity contribution in [2.45, 2.75) is 15.6 Å². The molecule has 2 amide bonds. The van der Waals surface area contributed by atoms with Gasteiger partial charge in [0.05, 0.1) is 4.21 Å². The van der Waals surface area contributed by atoms with E-state index < -0.39 is 35.0 Å². The van der Waals surface area contributed by atoms with E-state index in [9.17, 15) is 28.7 Å². The minimum absolute atomic E-state index is 0.154. The third-order valence-corrected chi connectivity index (χ3v) is 10.1. The van der Waals surface area contributed by atoms with Crippen molar-refractivity contribution in [2.24, 2.45) is 5.16 Å². The van der Waals surface area contributed by atoms with E-state index in [0.717, 1.165) is 16.2 Å². The third-order valence-electron chi connectivity index (χ3n) is 5.76. The quantitative estimate of drug-likeness (QED) is 0.150. The number of nitrogen functional groups attached to an aromatic ring is 1. The number of nitrogens with two attached hydrogens (primary N) is 1. The summed E-state index contributed by atoms with van der Waals surface area (Å²) in [6.07, 6.45) is 0. The highest BCUT2D eigenvalue weighted by atomic mass is 32.2. The maximum atomic E-state index is 13.7. The Morgan fingerprint density at radius 3 is 2.85 bits per heavy atom. The number of β-lactam (4-membered cyclic amide) rings is 1. The van der Waals surface area contributed by atoms with E-state index in [4.69, 9.17) is 10.6 Å². The number of oxime groups is 1. The van der Waals surface area contributed by atoms with Crippen molar-refractivity contribution in [3.8, 4) is 0 Å². The molecule has 1 aromatic carbocycles. The number of nitrogens with one attached hydrogen (secondary N) is 1. The summed E-state index contributed by atoms with van der Waals surface area (Å²) in [6.45, 7) is 0. The van der Waals surface area contributed by atoms with Gasteiger partial charge in [-0.2, -0.15) is 0 Å². The molecule has 0 unspecified atom stereocenters. The number of nitrogens with zero attached hydrogens (tertiary/aromatic N) is 3. The van der Waals surface area contributed by atoms with Gasteiger partial charge in [0.15, 0.2) is 16.3 Å². The van der Waals surface area contributed by atoms with Crippen LogP contribution in [0.15, 0.2) is 55.1 Å². The molecule has 0 aliphatic carbocycles. The lowest BCUT2D eigenvalue weighted by atomic mass is 10.0. The van der Waals surface area contributed by atoms with Crippen molar-refractivity contribution in [3.05, 3.63) is 62.7 Å². The number of carbonyl (C=O) groups is 3. The molecule has 3 aromatic rings. The number of carbonyl (C=O) groups excluding carboxylic acids is 2. The zero-order valence-electron chi connectivity index (χ0n) is 19.9. The topological polar surface area (TPSA) is 164 Å². The van der Waals surface area contributed by atoms with Gasteiger partial charge in [-0.1, -0.05) is 5.16 Å². The van der Waals surface area contributed by atoms with Crippen LogP contribution in [-0.4, -0.2) is 68.5 Å². The molecular weight excluding hydrogens is 590 g/mol. The molecule has 202 valence electrons. The molecule has 4 heterocycles. The smallest absolute Gasteiger partial charge is 0.352 e. The van der Waals surface area contributed by atoms with Gasteiger partial charge >= 0.3 is 5.97 Å². The predicted octanol–water partition coefficient (Wildman–Crippen LogP) is 2.32. The number of carboxylic acids is 1. The first kappa shape index (κ1) is 27.1. The van der Waals surface area contributed by atoms with Gasteiger partial charge in [0.1, 0.15) is 35.7 Å². The zero-order chi connectivity index (χ0) is 27.8. The third kappa shape index (κ3) is 5.24. The van der Waals surface area contributed by atoms with Gasteiger partial charge in [0.2, 0.25) is 0 Å². The number of fused-ring (bicyclic) bond motifs is 2. The van der Waals surface area contributed by atoms with E-state index in [0.29, 0.717) is 19.9 Å². The first-order valence-corrected chi connectivity index (χ1v) is 14.8. The molecule has 1 fully saturated rings. The average molecular weight is 608 g/mol. The lowest BCUT2D eigenvalue weighted by molar-refractivity contribution is -0.150. The fourth-order valence-corrected chi connectivity index (χ4v) is 8.32. The number of halogens is 1. The van der Waals surface area contributed by atoms with Gasteiger partial charge in [-0.15, -0.1) is 46.2 Å². The average Bonchev–Trinajstić information content (AvgIpc) is 3.33. The van der Waals surface area contributed by atoms with Crippen LogP contribution in [0.25, 0.3) is 10.1 Å². The van der Waals surface area contributed by atoms with E-state index in [1.54, 1.807) is 0 Å². The normalized spacial score (nSPS) is 19.1. The van der Waals surface area contributed by atoms with Gasteiger partial charge in [-0.3, -0.25) is 19.3 Å². The lowest BCUT2D eigenvalue weighted by Gasteiger charge is -2.49. The van der Waals surface area contributed by atoms with Crippen LogP contribution in [0.3, 0.4) is 0 Å². The molecule has 16 heteroatoms. The number of hydrogen-bond donors (Lipinski definition) is 3. The fourth-order valence-electron chi connectivity index (χ4n) is 4.03. The van der Waals surface area contributed by atoms with Crippen LogP contribution in [-0.2, 0) is 19.2 Å². The van der Waals surface area contributed by atoms with E-state index in [2.05, 4.69) is 15.5 Å². The zero-order valence-corrected chi connectivity index (χ0v) is 23.1. The summed E-state index contributed by atoms with van der Waals surface area (Å²) < 4.78 is 14.7. The molecule has 11 nitrogen and oxygen atoms in total. The molecule has 0 spiro atoms. The Morgan fingerprint density at radius 2 is 2.15 bits per heavy atom. The first-order valence-electron chi connectivity index (χ1n) is 11.1. The highest BCUT2D eigenvalue weighted by Gasteiger charge is 2.54. The van der Waals surface area contributed by atoms with Crippen molar-refractivity contribution in [1.82, 2.24) is 15.2 Å². The number of aromatic nitrogens is 1. The standard InChI is InChI=1S/C23H18FN5O6S4/c1-35-28-16(12-8-38-23(25)26-12)19(31)27-17-20(32)29-18(22(33)34)9(7-37-21(17)29)6-36-15-5-13(30)11-3-2-10(24)4-14(11)39-15/h2-5,8,17,21H,6-7H2,1H3,(H2,25,26)(H,27,31)(H,33,34)/t17-,21+/m1/s1. The number of amides is 2. The number of anilines is 1.